The zero-order valence-electron chi connectivity index (χ0n) is 12.8. The molecule has 0 fully saturated rings. The number of halogens is 1. The van der Waals surface area contributed by atoms with E-state index in [1.807, 2.05) is 6.92 Å². The Kier molecular flexibility index (Phi) is 5.69. The van der Waals surface area contributed by atoms with Crippen molar-refractivity contribution in [2.24, 2.45) is 0 Å². The number of benzene rings is 2. The predicted octanol–water partition coefficient (Wildman–Crippen LogP) is 3.02. The molecule has 128 valence electrons. The molecule has 0 atom stereocenters. The van der Waals surface area contributed by atoms with Crippen LogP contribution >= 0.6 is 11.6 Å². The Morgan fingerprint density at radius 1 is 1.12 bits per heavy atom. The third-order valence-corrected chi connectivity index (χ3v) is 5.16. The highest BCUT2D eigenvalue weighted by Gasteiger charge is 2.27. The van der Waals surface area contributed by atoms with Gasteiger partial charge in [-0.05, 0) is 55.5 Å². The standard InChI is InChI=1S/C16H16ClNO5S/c1-2-23-14-7-9-15(10-8-14)24(21,22)18(11-16(19)20)13-5-3-12(17)4-6-13/h3-10H,2,11H2,1H3,(H,19,20). The van der Waals surface area contributed by atoms with Crippen LogP contribution < -0.4 is 9.04 Å². The number of carboxylic acid groups (broad SMARTS) is 1. The van der Waals surface area contributed by atoms with Crippen LogP contribution in [-0.4, -0.2) is 32.6 Å². The van der Waals surface area contributed by atoms with Gasteiger partial charge in [0.25, 0.3) is 10.0 Å². The summed E-state index contributed by atoms with van der Waals surface area (Å²) in [5, 5.41) is 9.50. The Balaban J connectivity index is 2.43. The molecule has 8 heteroatoms. The first kappa shape index (κ1) is 18.1. The Bertz CT molecular complexity index is 803. The fraction of sp³-hybridized carbons (Fsp3) is 0.188. The van der Waals surface area contributed by atoms with E-state index in [4.69, 9.17) is 21.4 Å². The molecule has 0 bridgehead atoms. The summed E-state index contributed by atoms with van der Waals surface area (Å²) in [6, 6.07) is 11.7. The number of carbonyl (C=O) groups is 1. The maximum absolute atomic E-state index is 12.8. The fourth-order valence-corrected chi connectivity index (χ4v) is 3.59. The topological polar surface area (TPSA) is 83.9 Å². The number of ether oxygens (including phenoxy) is 1. The minimum Gasteiger partial charge on any atom is -0.494 e. The highest BCUT2D eigenvalue weighted by molar-refractivity contribution is 7.92. The van der Waals surface area contributed by atoms with Gasteiger partial charge in [-0.2, -0.15) is 0 Å². The van der Waals surface area contributed by atoms with E-state index in [0.29, 0.717) is 17.4 Å². The first-order valence-electron chi connectivity index (χ1n) is 7.07. The number of carboxylic acids is 1. The van der Waals surface area contributed by atoms with Crippen LogP contribution in [0.1, 0.15) is 6.92 Å². The number of sulfonamides is 1. The third-order valence-electron chi connectivity index (χ3n) is 3.12. The Labute approximate surface area is 145 Å². The zero-order chi connectivity index (χ0) is 17.7. The van der Waals surface area contributed by atoms with E-state index in [1.54, 1.807) is 0 Å². The molecule has 0 unspecified atom stereocenters. The third kappa shape index (κ3) is 4.18. The Morgan fingerprint density at radius 3 is 2.21 bits per heavy atom. The van der Waals surface area contributed by atoms with Gasteiger partial charge in [-0.25, -0.2) is 8.42 Å². The van der Waals surface area contributed by atoms with Gasteiger partial charge in [-0.15, -0.1) is 0 Å². The lowest BCUT2D eigenvalue weighted by molar-refractivity contribution is -0.135. The van der Waals surface area contributed by atoms with Crippen molar-refractivity contribution in [1.29, 1.82) is 0 Å². The summed E-state index contributed by atoms with van der Waals surface area (Å²) in [5.74, 6) is -0.729. The molecule has 0 aromatic heterocycles. The van der Waals surface area contributed by atoms with Crippen LogP contribution in [0.2, 0.25) is 5.02 Å². The van der Waals surface area contributed by atoms with Crippen LogP contribution in [0.25, 0.3) is 0 Å². The zero-order valence-corrected chi connectivity index (χ0v) is 14.4. The van der Waals surface area contributed by atoms with Gasteiger partial charge in [-0.3, -0.25) is 9.10 Å². The van der Waals surface area contributed by atoms with Crippen LogP contribution in [0.5, 0.6) is 5.75 Å². The van der Waals surface area contributed by atoms with Gasteiger partial charge in [0.2, 0.25) is 0 Å². The summed E-state index contributed by atoms with van der Waals surface area (Å²) in [6.07, 6.45) is 0. The SMILES string of the molecule is CCOc1ccc(S(=O)(=O)N(CC(=O)O)c2ccc(Cl)cc2)cc1. The van der Waals surface area contributed by atoms with E-state index in [-0.39, 0.29) is 10.6 Å². The molecule has 2 aromatic carbocycles. The highest BCUT2D eigenvalue weighted by atomic mass is 35.5. The number of nitrogens with zero attached hydrogens (tertiary/aromatic N) is 1. The van der Waals surface area contributed by atoms with E-state index in [2.05, 4.69) is 0 Å². The lowest BCUT2D eigenvalue weighted by atomic mass is 10.3. The summed E-state index contributed by atoms with van der Waals surface area (Å²) >= 11 is 5.80. The van der Waals surface area contributed by atoms with E-state index < -0.39 is 22.5 Å². The number of anilines is 1. The lowest BCUT2D eigenvalue weighted by Crippen LogP contribution is -2.35. The fourth-order valence-electron chi connectivity index (χ4n) is 2.05. The molecule has 2 aromatic rings. The van der Waals surface area contributed by atoms with Gasteiger partial charge in [0.15, 0.2) is 0 Å². The molecule has 24 heavy (non-hydrogen) atoms. The van der Waals surface area contributed by atoms with Gasteiger partial charge in [0.1, 0.15) is 12.3 Å². The second kappa shape index (κ2) is 7.55. The largest absolute Gasteiger partial charge is 0.494 e. The molecule has 0 spiro atoms. The Morgan fingerprint density at radius 2 is 1.71 bits per heavy atom. The molecular weight excluding hydrogens is 354 g/mol. The van der Waals surface area contributed by atoms with Gasteiger partial charge in [0, 0.05) is 5.02 Å². The van der Waals surface area contributed by atoms with E-state index in [9.17, 15) is 13.2 Å². The quantitative estimate of drug-likeness (QED) is 0.811. The molecular formula is C16H16ClNO5S. The van der Waals surface area contributed by atoms with Crippen molar-refractivity contribution in [3.05, 3.63) is 53.6 Å². The average molecular weight is 370 g/mol. The summed E-state index contributed by atoms with van der Waals surface area (Å²) in [5.41, 5.74) is 0.218. The van der Waals surface area contributed by atoms with Gasteiger partial charge in [-0.1, -0.05) is 11.6 Å². The van der Waals surface area contributed by atoms with Gasteiger partial charge in [0.05, 0.1) is 17.2 Å². The van der Waals surface area contributed by atoms with Gasteiger partial charge >= 0.3 is 5.97 Å². The molecule has 6 nitrogen and oxygen atoms in total. The second-order valence-corrected chi connectivity index (χ2v) is 7.08. The molecule has 2 rings (SSSR count). The first-order valence-corrected chi connectivity index (χ1v) is 8.89. The first-order chi connectivity index (χ1) is 11.3. The predicted molar refractivity (Wildman–Crippen MR) is 91.2 cm³/mol. The summed E-state index contributed by atoms with van der Waals surface area (Å²) < 4.78 is 31.7. The van der Waals surface area contributed by atoms with Crippen molar-refractivity contribution >= 4 is 33.3 Å². The summed E-state index contributed by atoms with van der Waals surface area (Å²) in [4.78, 5) is 11.1. The van der Waals surface area contributed by atoms with Gasteiger partial charge < -0.3 is 9.84 Å². The molecule has 0 aliphatic heterocycles. The molecule has 1 N–H and O–H groups in total. The van der Waals surface area contributed by atoms with Crippen LogP contribution in [0.4, 0.5) is 5.69 Å². The van der Waals surface area contributed by atoms with Crippen LogP contribution in [0.3, 0.4) is 0 Å². The number of hydrogen-bond acceptors (Lipinski definition) is 4. The van der Waals surface area contributed by atoms with Crippen molar-refractivity contribution in [1.82, 2.24) is 0 Å². The smallest absolute Gasteiger partial charge is 0.324 e. The molecule has 0 saturated carbocycles. The summed E-state index contributed by atoms with van der Waals surface area (Å²) in [7, 11) is -4.04. The van der Waals surface area contributed by atoms with Crippen LogP contribution in [0.15, 0.2) is 53.4 Å². The Hall–Kier alpha value is -2.25. The number of hydrogen-bond donors (Lipinski definition) is 1. The number of aliphatic carboxylic acids is 1. The van der Waals surface area contributed by atoms with E-state index in [1.165, 1.54) is 48.5 Å². The highest BCUT2D eigenvalue weighted by Crippen LogP contribution is 2.26. The molecule has 0 radical (unpaired) electrons. The van der Waals surface area contributed by atoms with E-state index >= 15 is 0 Å². The molecule has 0 heterocycles. The average Bonchev–Trinajstić information content (AvgIpc) is 2.54. The van der Waals surface area contributed by atoms with Crippen molar-refractivity contribution in [3.63, 3.8) is 0 Å². The molecule has 0 amide bonds. The maximum Gasteiger partial charge on any atom is 0.324 e. The van der Waals surface area contributed by atoms with Crippen molar-refractivity contribution in [2.45, 2.75) is 11.8 Å². The van der Waals surface area contributed by atoms with Crippen LogP contribution in [-0.2, 0) is 14.8 Å². The van der Waals surface area contributed by atoms with E-state index in [0.717, 1.165) is 4.31 Å². The second-order valence-electron chi connectivity index (χ2n) is 4.79. The monoisotopic (exact) mass is 369 g/mol. The normalized spacial score (nSPS) is 11.1. The summed E-state index contributed by atoms with van der Waals surface area (Å²) in [6.45, 7) is 1.58. The minimum absolute atomic E-state index is 0.0258. The van der Waals surface area contributed by atoms with Crippen molar-refractivity contribution < 1.29 is 23.1 Å². The minimum atomic E-state index is -4.04. The lowest BCUT2D eigenvalue weighted by Gasteiger charge is -2.23. The molecule has 0 aliphatic rings. The van der Waals surface area contributed by atoms with Crippen molar-refractivity contribution in [3.8, 4) is 5.75 Å². The molecule has 0 aliphatic carbocycles. The molecule has 0 saturated heterocycles. The maximum atomic E-state index is 12.8. The van der Waals surface area contributed by atoms with Crippen LogP contribution in [0, 0.1) is 0 Å². The number of rotatable bonds is 7. The van der Waals surface area contributed by atoms with Crippen molar-refractivity contribution in [2.75, 3.05) is 17.5 Å².